The van der Waals surface area contributed by atoms with Crippen LogP contribution in [0.1, 0.15) is 162 Å². The molecule has 0 aromatic carbocycles. The van der Waals surface area contributed by atoms with E-state index in [1.54, 1.807) is 11.1 Å². The van der Waals surface area contributed by atoms with E-state index in [0.29, 0.717) is 11.8 Å². The molecule has 0 aromatic rings. The predicted octanol–water partition coefficient (Wildman–Crippen LogP) is 11.3. The lowest BCUT2D eigenvalue weighted by Crippen LogP contribution is -2.49. The molecule has 0 radical (unpaired) electrons. The fraction of sp³-hybridized carbons (Fsp3) is 0.805. The zero-order valence-corrected chi connectivity index (χ0v) is 29.3. The van der Waals surface area contributed by atoms with Crippen molar-refractivity contribution in [1.29, 1.82) is 0 Å². The van der Waals surface area contributed by atoms with E-state index in [9.17, 15) is 4.79 Å². The Labute approximate surface area is 276 Å². The van der Waals surface area contributed by atoms with E-state index < -0.39 is 0 Å². The van der Waals surface area contributed by atoms with Crippen molar-refractivity contribution in [2.24, 2.45) is 33.6 Å². The number of carbonyl (C=O) groups excluding carboxylic acids is 1. The molecule has 0 N–H and O–H groups in total. The number of hydrogen-bond acceptors (Lipinski definition) is 4. The average Bonchev–Trinajstić information content (AvgIpc) is 3.67. The van der Waals surface area contributed by atoms with Crippen LogP contribution in [0.5, 0.6) is 0 Å². The number of unbranched alkanes of at least 4 members (excludes halogenated alkanes) is 11. The van der Waals surface area contributed by atoms with Gasteiger partial charge in [-0.25, -0.2) is 4.99 Å². The molecule has 45 heavy (non-hydrogen) atoms. The Hall–Kier alpha value is -1.84. The molecule has 3 fully saturated rings. The maximum Gasteiger partial charge on any atom is 0.306 e. The molecule has 0 bridgehead atoms. The van der Waals surface area contributed by atoms with Crippen molar-refractivity contribution in [2.75, 3.05) is 13.2 Å². The third-order valence-corrected chi connectivity index (χ3v) is 12.8. The Morgan fingerprint density at radius 3 is 2.33 bits per heavy atom. The normalized spacial score (nSPS) is 33.4. The van der Waals surface area contributed by atoms with E-state index in [2.05, 4.69) is 50.1 Å². The van der Waals surface area contributed by atoms with Crippen LogP contribution in [0.2, 0.25) is 0 Å². The van der Waals surface area contributed by atoms with Gasteiger partial charge in [-0.05, 0) is 112 Å². The molecule has 252 valence electrons. The minimum atomic E-state index is 0.0325. The maximum atomic E-state index is 12.8. The van der Waals surface area contributed by atoms with Crippen LogP contribution in [-0.2, 0) is 14.3 Å². The van der Waals surface area contributed by atoms with Gasteiger partial charge < -0.3 is 9.47 Å². The van der Waals surface area contributed by atoms with Crippen LogP contribution in [0.25, 0.3) is 0 Å². The van der Waals surface area contributed by atoms with Gasteiger partial charge in [-0.1, -0.05) is 102 Å². The summed E-state index contributed by atoms with van der Waals surface area (Å²) in [5.41, 5.74) is 3.77. The lowest BCUT2D eigenvalue weighted by atomic mass is 9.48. The molecule has 6 atom stereocenters. The molecule has 4 aliphatic carbocycles. The minimum Gasteiger partial charge on any atom is -0.476 e. The van der Waals surface area contributed by atoms with E-state index in [0.717, 1.165) is 62.5 Å². The molecular weight excluding hydrogens is 554 g/mol. The SMILES string of the molecule is CCCCCCCC/C=C\CCCCCCCC(=O)O[C@H]1CC[C@@]2(C)C(=CCC3C2CC[C@]2(C)/C(=C/C4=NCCO4)CCC32)C1. The Morgan fingerprint density at radius 1 is 0.911 bits per heavy atom. The summed E-state index contributed by atoms with van der Waals surface area (Å²) in [6.07, 6.45) is 36.4. The van der Waals surface area contributed by atoms with Crippen molar-refractivity contribution < 1.29 is 14.3 Å². The molecule has 0 aromatic heterocycles. The van der Waals surface area contributed by atoms with Crippen LogP contribution in [0.3, 0.4) is 0 Å². The third-order valence-electron chi connectivity index (χ3n) is 12.8. The number of carbonyl (C=O) groups is 1. The molecular formula is C41H65NO3. The van der Waals surface area contributed by atoms with Gasteiger partial charge in [0.05, 0.1) is 6.54 Å². The van der Waals surface area contributed by atoms with Crippen LogP contribution in [0, 0.1) is 28.6 Å². The van der Waals surface area contributed by atoms with Crippen molar-refractivity contribution in [1.82, 2.24) is 0 Å². The van der Waals surface area contributed by atoms with E-state index >= 15 is 0 Å². The number of allylic oxidation sites excluding steroid dienone is 4. The number of rotatable bonds is 17. The number of aliphatic imine (C=N–C) groups is 1. The van der Waals surface area contributed by atoms with Crippen molar-refractivity contribution >= 4 is 11.9 Å². The highest BCUT2D eigenvalue weighted by Crippen LogP contribution is 2.66. The molecule has 4 heteroatoms. The standard InChI is InChI=1S/C41H65NO3/c1-4-5-6-7-8-9-10-11-12-13-14-15-16-17-18-19-39(43)45-34-24-26-40(2)32(30-34)20-22-35-36-23-21-33(31-38-42-28-29-44-38)41(36,3)27-25-37(35)40/h11-12,20,31,34-37H,4-10,13-19,21-30H2,1-3H3/b12-11-,33-31+/t34-,35?,36?,37?,40-,41+/m0/s1. The summed E-state index contributed by atoms with van der Waals surface area (Å²) in [7, 11) is 0. The van der Waals surface area contributed by atoms with Crippen LogP contribution >= 0.6 is 0 Å². The Bertz CT molecular complexity index is 1090. The van der Waals surface area contributed by atoms with Crippen molar-refractivity contribution in [3.63, 3.8) is 0 Å². The molecule has 0 amide bonds. The molecule has 5 rings (SSSR count). The molecule has 5 aliphatic rings. The van der Waals surface area contributed by atoms with Gasteiger partial charge in [-0.3, -0.25) is 4.79 Å². The number of esters is 1. The molecule has 3 unspecified atom stereocenters. The molecule has 4 nitrogen and oxygen atoms in total. The average molecular weight is 620 g/mol. The minimum absolute atomic E-state index is 0.0325. The highest BCUT2D eigenvalue weighted by molar-refractivity contribution is 5.89. The first-order valence-electron chi connectivity index (χ1n) is 19.4. The summed E-state index contributed by atoms with van der Waals surface area (Å²) in [5.74, 6) is 3.21. The van der Waals surface area contributed by atoms with Crippen LogP contribution in [0.15, 0.2) is 40.4 Å². The van der Waals surface area contributed by atoms with Crippen LogP contribution < -0.4 is 0 Å². The topological polar surface area (TPSA) is 47.9 Å². The smallest absolute Gasteiger partial charge is 0.306 e. The first-order chi connectivity index (χ1) is 21.9. The zero-order chi connectivity index (χ0) is 31.5. The number of fused-ring (bicyclic) bond motifs is 5. The second-order valence-electron chi connectivity index (χ2n) is 15.7. The summed E-state index contributed by atoms with van der Waals surface area (Å²) in [5, 5.41) is 0. The first kappa shape index (κ1) is 34.5. The highest BCUT2D eigenvalue weighted by atomic mass is 16.5. The second kappa shape index (κ2) is 16.8. The van der Waals surface area contributed by atoms with Crippen molar-refractivity contribution in [2.45, 2.75) is 168 Å². The van der Waals surface area contributed by atoms with E-state index in [1.165, 1.54) is 109 Å². The van der Waals surface area contributed by atoms with E-state index in [1.807, 2.05) is 0 Å². The van der Waals surface area contributed by atoms with Crippen molar-refractivity contribution in [3.8, 4) is 0 Å². The van der Waals surface area contributed by atoms with Crippen LogP contribution in [0.4, 0.5) is 0 Å². The Kier molecular flexibility index (Phi) is 12.9. The fourth-order valence-electron chi connectivity index (χ4n) is 9.99. The number of ether oxygens (including phenoxy) is 2. The monoisotopic (exact) mass is 619 g/mol. The van der Waals surface area contributed by atoms with Gasteiger partial charge in [-0.2, -0.15) is 0 Å². The number of hydrogen-bond donors (Lipinski definition) is 0. The molecule has 0 spiro atoms. The van der Waals surface area contributed by atoms with Crippen LogP contribution in [-0.4, -0.2) is 31.1 Å². The lowest BCUT2D eigenvalue weighted by molar-refractivity contribution is -0.151. The fourth-order valence-corrected chi connectivity index (χ4v) is 9.99. The van der Waals surface area contributed by atoms with E-state index in [-0.39, 0.29) is 17.5 Å². The predicted molar refractivity (Wildman–Crippen MR) is 187 cm³/mol. The van der Waals surface area contributed by atoms with Gasteiger partial charge in [-0.15, -0.1) is 0 Å². The van der Waals surface area contributed by atoms with Gasteiger partial charge in [0.1, 0.15) is 12.7 Å². The zero-order valence-electron chi connectivity index (χ0n) is 29.3. The first-order valence-corrected chi connectivity index (χ1v) is 19.4. The highest BCUT2D eigenvalue weighted by Gasteiger charge is 2.57. The van der Waals surface area contributed by atoms with Gasteiger partial charge in [0.15, 0.2) is 0 Å². The second-order valence-corrected chi connectivity index (χ2v) is 15.7. The molecule has 1 aliphatic heterocycles. The quantitative estimate of drug-likeness (QED) is 0.0924. The summed E-state index contributed by atoms with van der Waals surface area (Å²) in [4.78, 5) is 17.3. The summed E-state index contributed by atoms with van der Waals surface area (Å²) in [6, 6.07) is 0. The van der Waals surface area contributed by atoms with Gasteiger partial charge in [0.25, 0.3) is 0 Å². The summed E-state index contributed by atoms with van der Waals surface area (Å²) >= 11 is 0. The lowest BCUT2D eigenvalue weighted by Gasteiger charge is -2.57. The summed E-state index contributed by atoms with van der Waals surface area (Å²) in [6.45, 7) is 8.92. The Balaban J connectivity index is 0.973. The Morgan fingerprint density at radius 2 is 1.60 bits per heavy atom. The van der Waals surface area contributed by atoms with Gasteiger partial charge in [0, 0.05) is 12.8 Å². The molecule has 1 heterocycles. The van der Waals surface area contributed by atoms with Gasteiger partial charge >= 0.3 is 5.97 Å². The van der Waals surface area contributed by atoms with Gasteiger partial charge in [0.2, 0.25) is 5.90 Å². The summed E-state index contributed by atoms with van der Waals surface area (Å²) < 4.78 is 11.8. The molecule has 3 saturated carbocycles. The third kappa shape index (κ3) is 8.75. The number of nitrogens with zero attached hydrogens (tertiary/aromatic N) is 1. The van der Waals surface area contributed by atoms with Crippen molar-refractivity contribution in [3.05, 3.63) is 35.5 Å². The molecule has 0 saturated heterocycles. The maximum absolute atomic E-state index is 12.8. The largest absolute Gasteiger partial charge is 0.476 e. The van der Waals surface area contributed by atoms with E-state index in [4.69, 9.17) is 9.47 Å².